The van der Waals surface area contributed by atoms with Crippen molar-refractivity contribution < 1.29 is 0 Å². The van der Waals surface area contributed by atoms with Gasteiger partial charge in [-0.1, -0.05) is 36.2 Å². The Balaban J connectivity index is 2.20. The fourth-order valence-electron chi connectivity index (χ4n) is 2.10. The van der Waals surface area contributed by atoms with Crippen LogP contribution in [0.25, 0.3) is 0 Å². The Kier molecular flexibility index (Phi) is 4.86. The van der Waals surface area contributed by atoms with Gasteiger partial charge >= 0.3 is 0 Å². The Morgan fingerprint density at radius 1 is 1.32 bits per heavy atom. The van der Waals surface area contributed by atoms with E-state index in [4.69, 9.17) is 23.2 Å². The number of hydrogen-bond donors (Lipinski definition) is 1. The molecular formula is C14H17Cl2N3. The molecule has 1 heterocycles. The molecule has 19 heavy (non-hydrogen) atoms. The van der Waals surface area contributed by atoms with Crippen molar-refractivity contribution in [2.75, 3.05) is 7.05 Å². The maximum Gasteiger partial charge on any atom is 0.0688 e. The predicted molar refractivity (Wildman–Crippen MR) is 79.9 cm³/mol. The molecule has 1 aromatic carbocycles. The van der Waals surface area contributed by atoms with Gasteiger partial charge in [0.05, 0.1) is 12.7 Å². The first-order valence-electron chi connectivity index (χ1n) is 6.28. The van der Waals surface area contributed by atoms with Gasteiger partial charge in [-0.05, 0) is 25.6 Å². The van der Waals surface area contributed by atoms with E-state index in [0.717, 1.165) is 12.0 Å². The van der Waals surface area contributed by atoms with Crippen LogP contribution in [-0.2, 0) is 6.54 Å². The van der Waals surface area contributed by atoms with E-state index in [2.05, 4.69) is 17.3 Å². The molecule has 1 N–H and O–H groups in total. The molecular weight excluding hydrogens is 281 g/mol. The van der Waals surface area contributed by atoms with Crippen LogP contribution in [0.1, 0.15) is 30.5 Å². The minimum absolute atomic E-state index is 0.329. The summed E-state index contributed by atoms with van der Waals surface area (Å²) in [7, 11) is 1.95. The molecule has 0 fully saturated rings. The van der Waals surface area contributed by atoms with E-state index in [1.54, 1.807) is 0 Å². The lowest BCUT2D eigenvalue weighted by Gasteiger charge is -2.10. The van der Waals surface area contributed by atoms with Crippen molar-refractivity contribution in [3.05, 3.63) is 51.8 Å². The van der Waals surface area contributed by atoms with Gasteiger partial charge in [0.1, 0.15) is 0 Å². The Morgan fingerprint density at radius 3 is 2.58 bits per heavy atom. The maximum absolute atomic E-state index is 6.17. The molecule has 1 aromatic heterocycles. The second-order valence-corrected chi connectivity index (χ2v) is 5.24. The predicted octanol–water partition coefficient (Wildman–Crippen LogP) is 3.91. The summed E-state index contributed by atoms with van der Waals surface area (Å²) in [4.78, 5) is 0. The van der Waals surface area contributed by atoms with Crippen molar-refractivity contribution in [2.45, 2.75) is 25.9 Å². The molecule has 0 saturated heterocycles. The molecule has 0 spiro atoms. The van der Waals surface area contributed by atoms with Gasteiger partial charge in [0.25, 0.3) is 0 Å². The SMILES string of the molecule is CCC(NC)c1cnn(Cc2c(Cl)cccc2Cl)c1. The topological polar surface area (TPSA) is 29.9 Å². The number of nitrogens with zero attached hydrogens (tertiary/aromatic N) is 2. The quantitative estimate of drug-likeness (QED) is 0.907. The van der Waals surface area contributed by atoms with Crippen LogP contribution in [0.5, 0.6) is 0 Å². The van der Waals surface area contributed by atoms with Crippen LogP contribution in [-0.4, -0.2) is 16.8 Å². The molecule has 1 unspecified atom stereocenters. The molecule has 0 radical (unpaired) electrons. The summed E-state index contributed by atoms with van der Waals surface area (Å²) in [5.74, 6) is 0. The first-order chi connectivity index (χ1) is 9.15. The summed E-state index contributed by atoms with van der Waals surface area (Å²) < 4.78 is 1.86. The molecule has 0 bridgehead atoms. The summed E-state index contributed by atoms with van der Waals surface area (Å²) in [6, 6.07) is 5.86. The van der Waals surface area contributed by atoms with E-state index in [1.165, 1.54) is 5.56 Å². The highest BCUT2D eigenvalue weighted by molar-refractivity contribution is 6.35. The van der Waals surface area contributed by atoms with Gasteiger partial charge in [-0.25, -0.2) is 0 Å². The number of hydrogen-bond acceptors (Lipinski definition) is 2. The highest BCUT2D eigenvalue weighted by Crippen LogP contribution is 2.25. The van der Waals surface area contributed by atoms with Crippen LogP contribution in [0.3, 0.4) is 0 Å². The molecule has 102 valence electrons. The fraction of sp³-hybridized carbons (Fsp3) is 0.357. The van der Waals surface area contributed by atoms with Crippen LogP contribution in [0, 0.1) is 0 Å². The van der Waals surface area contributed by atoms with E-state index in [9.17, 15) is 0 Å². The lowest BCUT2D eigenvalue weighted by Crippen LogP contribution is -2.14. The number of rotatable bonds is 5. The second-order valence-electron chi connectivity index (χ2n) is 4.42. The van der Waals surface area contributed by atoms with Crippen LogP contribution in [0.2, 0.25) is 10.0 Å². The van der Waals surface area contributed by atoms with E-state index >= 15 is 0 Å². The van der Waals surface area contributed by atoms with Gasteiger partial charge in [-0.3, -0.25) is 4.68 Å². The van der Waals surface area contributed by atoms with Gasteiger partial charge in [0, 0.05) is 33.4 Å². The van der Waals surface area contributed by atoms with Crippen molar-refractivity contribution in [3.63, 3.8) is 0 Å². The van der Waals surface area contributed by atoms with Crippen LogP contribution < -0.4 is 5.32 Å². The zero-order chi connectivity index (χ0) is 13.8. The molecule has 1 atom stereocenters. The van der Waals surface area contributed by atoms with Gasteiger partial charge in [-0.2, -0.15) is 5.10 Å². The monoisotopic (exact) mass is 297 g/mol. The molecule has 0 aliphatic heterocycles. The molecule has 0 aliphatic rings. The third-order valence-corrected chi connectivity index (χ3v) is 3.90. The summed E-state index contributed by atoms with van der Waals surface area (Å²) in [5, 5.41) is 8.98. The summed E-state index contributed by atoms with van der Waals surface area (Å²) in [5.41, 5.74) is 2.08. The number of aromatic nitrogens is 2. The number of nitrogens with one attached hydrogen (secondary N) is 1. The maximum atomic E-state index is 6.17. The molecule has 3 nitrogen and oxygen atoms in total. The standard InChI is InChI=1S/C14H17Cl2N3/c1-3-14(17-2)10-7-18-19(8-10)9-11-12(15)5-4-6-13(11)16/h4-8,14,17H,3,9H2,1-2H3. The van der Waals surface area contributed by atoms with Crippen molar-refractivity contribution >= 4 is 23.2 Å². The summed E-state index contributed by atoms with van der Waals surface area (Å²) >= 11 is 12.3. The molecule has 2 rings (SSSR count). The largest absolute Gasteiger partial charge is 0.313 e. The molecule has 0 aliphatic carbocycles. The lowest BCUT2D eigenvalue weighted by atomic mass is 10.1. The third-order valence-electron chi connectivity index (χ3n) is 3.19. The normalized spacial score (nSPS) is 12.6. The van der Waals surface area contributed by atoms with E-state index in [-0.39, 0.29) is 0 Å². The number of benzene rings is 1. The average molecular weight is 298 g/mol. The van der Waals surface area contributed by atoms with E-state index in [0.29, 0.717) is 22.6 Å². The zero-order valence-corrected chi connectivity index (χ0v) is 12.5. The Hall–Kier alpha value is -1.03. The summed E-state index contributed by atoms with van der Waals surface area (Å²) in [6.45, 7) is 2.72. The molecule has 2 aromatic rings. The fourth-order valence-corrected chi connectivity index (χ4v) is 2.61. The minimum atomic E-state index is 0.329. The Morgan fingerprint density at radius 2 is 2.00 bits per heavy atom. The van der Waals surface area contributed by atoms with Crippen molar-refractivity contribution in [1.29, 1.82) is 0 Å². The minimum Gasteiger partial charge on any atom is -0.313 e. The van der Waals surface area contributed by atoms with Crippen LogP contribution in [0.4, 0.5) is 0 Å². The van der Waals surface area contributed by atoms with Crippen LogP contribution >= 0.6 is 23.2 Å². The smallest absolute Gasteiger partial charge is 0.0688 e. The number of halogens is 2. The van der Waals surface area contributed by atoms with Gasteiger partial charge < -0.3 is 5.32 Å². The van der Waals surface area contributed by atoms with Gasteiger partial charge in [0.2, 0.25) is 0 Å². The van der Waals surface area contributed by atoms with Gasteiger partial charge in [-0.15, -0.1) is 0 Å². The Bertz CT molecular complexity index is 527. The van der Waals surface area contributed by atoms with Crippen molar-refractivity contribution in [3.8, 4) is 0 Å². The average Bonchev–Trinajstić information content (AvgIpc) is 2.84. The zero-order valence-electron chi connectivity index (χ0n) is 11.0. The highest BCUT2D eigenvalue weighted by atomic mass is 35.5. The lowest BCUT2D eigenvalue weighted by molar-refractivity contribution is 0.575. The second kappa shape index (κ2) is 6.42. The third kappa shape index (κ3) is 3.30. The Labute approximate surface area is 123 Å². The van der Waals surface area contributed by atoms with Crippen molar-refractivity contribution in [1.82, 2.24) is 15.1 Å². The van der Waals surface area contributed by atoms with Crippen LogP contribution in [0.15, 0.2) is 30.6 Å². The highest BCUT2D eigenvalue weighted by Gasteiger charge is 2.11. The van der Waals surface area contributed by atoms with E-state index in [1.807, 2.05) is 42.3 Å². The first-order valence-corrected chi connectivity index (χ1v) is 7.03. The van der Waals surface area contributed by atoms with Crippen molar-refractivity contribution in [2.24, 2.45) is 0 Å². The first kappa shape index (κ1) is 14.4. The van der Waals surface area contributed by atoms with Gasteiger partial charge in [0.15, 0.2) is 0 Å². The van der Waals surface area contributed by atoms with E-state index < -0.39 is 0 Å². The molecule has 0 saturated carbocycles. The molecule has 0 amide bonds. The summed E-state index contributed by atoms with van der Waals surface area (Å²) in [6.07, 6.45) is 4.94. The molecule has 5 heteroatoms.